The van der Waals surface area contributed by atoms with Gasteiger partial charge in [-0.1, -0.05) is 56.0 Å². The van der Waals surface area contributed by atoms with Crippen LogP contribution in [0.3, 0.4) is 0 Å². The summed E-state index contributed by atoms with van der Waals surface area (Å²) in [5.41, 5.74) is 0.692. The van der Waals surface area contributed by atoms with Crippen LogP contribution >= 0.6 is 29.4 Å². The van der Waals surface area contributed by atoms with Gasteiger partial charge in [0.25, 0.3) is 0 Å². The summed E-state index contributed by atoms with van der Waals surface area (Å²) in [5.74, 6) is 0. The van der Waals surface area contributed by atoms with Gasteiger partial charge in [0.2, 0.25) is 4.69 Å². The lowest BCUT2D eigenvalue weighted by atomic mass is 10.0. The molecule has 1 aromatic rings. The zero-order valence-corrected chi connectivity index (χ0v) is 10.6. The maximum atomic E-state index is 10.6. The van der Waals surface area contributed by atoms with E-state index in [4.69, 9.17) is 0 Å². The molecule has 0 heterocycles. The molecule has 0 saturated heterocycles. The van der Waals surface area contributed by atoms with Crippen LogP contribution in [-0.2, 0) is 0 Å². The molecule has 1 fully saturated rings. The van der Waals surface area contributed by atoms with Crippen molar-refractivity contribution in [2.24, 2.45) is 0 Å². The first-order valence-corrected chi connectivity index (χ1v) is 5.35. The Bertz CT molecular complexity index is 253. The van der Waals surface area contributed by atoms with Gasteiger partial charge in [-0.15, -0.1) is 0 Å². The van der Waals surface area contributed by atoms with E-state index >= 15 is 0 Å². The number of hydrogen-bond acceptors (Lipinski definition) is 1. The second kappa shape index (κ2) is 8.06. The van der Waals surface area contributed by atoms with Crippen molar-refractivity contribution in [1.82, 2.24) is 0 Å². The molecule has 0 radical (unpaired) electrons. The largest absolute Gasteiger partial charge is 0.281 e. The summed E-state index contributed by atoms with van der Waals surface area (Å²) in [5, 5.41) is 0. The van der Waals surface area contributed by atoms with Gasteiger partial charge < -0.3 is 0 Å². The second-order valence-corrected chi connectivity index (χ2v) is 3.77. The Labute approximate surface area is 100 Å². The minimum atomic E-state index is -0.0666. The van der Waals surface area contributed by atoms with Gasteiger partial charge in [0.1, 0.15) is 0 Å². The van der Waals surface area contributed by atoms with Crippen LogP contribution in [0.25, 0.3) is 0 Å². The highest BCUT2D eigenvalue weighted by Crippen LogP contribution is 2.15. The molecule has 1 aromatic carbocycles. The van der Waals surface area contributed by atoms with Gasteiger partial charge in [-0.3, -0.25) is 4.79 Å². The molecule has 3 heteroatoms. The number of rotatable bonds is 1. The summed E-state index contributed by atoms with van der Waals surface area (Å²) < 4.78 is -0.0666. The predicted molar refractivity (Wildman–Crippen MR) is 68.5 cm³/mol. The van der Waals surface area contributed by atoms with Crippen molar-refractivity contribution in [1.29, 1.82) is 0 Å². The van der Waals surface area contributed by atoms with E-state index in [1.54, 1.807) is 12.1 Å². The Kier molecular flexibility index (Phi) is 7.90. The number of halogens is 1. The first kappa shape index (κ1) is 13.7. The van der Waals surface area contributed by atoms with Crippen molar-refractivity contribution >= 4 is 34.1 Å². The summed E-state index contributed by atoms with van der Waals surface area (Å²) in [6, 6.07) is 9.05. The first-order valence-electron chi connectivity index (χ1n) is 4.55. The first-order chi connectivity index (χ1) is 6.30. The molecule has 0 atom stereocenters. The third-order valence-corrected chi connectivity index (χ3v) is 2.46. The molecule has 0 amide bonds. The van der Waals surface area contributed by atoms with E-state index in [9.17, 15) is 4.79 Å². The average Bonchev–Trinajstić information content (AvgIpc) is 2.03. The molecule has 0 aliphatic heterocycles. The van der Waals surface area contributed by atoms with Crippen LogP contribution in [-0.4, -0.2) is 4.69 Å². The van der Waals surface area contributed by atoms with Gasteiger partial charge in [0.05, 0.1) is 0 Å². The predicted octanol–water partition coefficient (Wildman–Crippen LogP) is 3.89. The van der Waals surface area contributed by atoms with Crippen molar-refractivity contribution in [3.8, 4) is 0 Å². The maximum Gasteiger partial charge on any atom is 0.228 e. The highest BCUT2D eigenvalue weighted by atomic mass is 79.9. The topological polar surface area (TPSA) is 17.1 Å². The highest BCUT2D eigenvalue weighted by molar-refractivity contribution is 9.18. The molecular formula is C11H15BrOS. The lowest BCUT2D eigenvalue weighted by Crippen LogP contribution is -1.85. The van der Waals surface area contributed by atoms with E-state index in [0.29, 0.717) is 5.56 Å². The van der Waals surface area contributed by atoms with E-state index in [2.05, 4.69) is 15.9 Å². The number of carbonyl (C=O) groups excluding carboxylic acids is 1. The Morgan fingerprint density at radius 2 is 1.43 bits per heavy atom. The molecule has 2 rings (SSSR count). The third kappa shape index (κ3) is 5.45. The summed E-state index contributed by atoms with van der Waals surface area (Å²) in [6.45, 7) is 0. The molecule has 0 unspecified atom stereocenters. The van der Waals surface area contributed by atoms with Crippen LogP contribution in [0.5, 0.6) is 0 Å². The van der Waals surface area contributed by atoms with Crippen molar-refractivity contribution in [2.75, 3.05) is 0 Å². The molecule has 1 saturated carbocycles. The quantitative estimate of drug-likeness (QED) is 0.710. The van der Waals surface area contributed by atoms with Gasteiger partial charge in [0, 0.05) is 5.56 Å². The minimum Gasteiger partial charge on any atom is -0.281 e. The monoisotopic (exact) mass is 274 g/mol. The van der Waals surface area contributed by atoms with Crippen molar-refractivity contribution in [2.45, 2.75) is 25.7 Å². The fraction of sp³-hybridized carbons (Fsp3) is 0.364. The van der Waals surface area contributed by atoms with E-state index in [1.807, 2.05) is 18.2 Å². The Morgan fingerprint density at radius 1 is 1.00 bits per heavy atom. The van der Waals surface area contributed by atoms with Crippen LogP contribution in [0.1, 0.15) is 36.0 Å². The normalized spacial score (nSPS) is 12.6. The zero-order chi connectivity index (χ0) is 9.52. The van der Waals surface area contributed by atoms with E-state index in [0.717, 1.165) is 0 Å². The Morgan fingerprint density at radius 3 is 1.64 bits per heavy atom. The smallest absolute Gasteiger partial charge is 0.228 e. The molecule has 78 valence electrons. The standard InChI is InChI=1S/C7H5BrO.C4H8.H2S/c8-7(9)6-4-2-1-3-5-6;1-2-4-3-1;/h1-5H;1-4H2;1H2. The van der Waals surface area contributed by atoms with E-state index in [1.165, 1.54) is 25.7 Å². The van der Waals surface area contributed by atoms with Crippen LogP contribution in [0.4, 0.5) is 0 Å². The number of carbonyl (C=O) groups is 1. The second-order valence-electron chi connectivity index (χ2n) is 3.05. The average molecular weight is 275 g/mol. The van der Waals surface area contributed by atoms with Crippen LogP contribution < -0.4 is 0 Å². The fourth-order valence-electron chi connectivity index (χ4n) is 0.819. The van der Waals surface area contributed by atoms with Crippen molar-refractivity contribution < 1.29 is 4.79 Å². The summed E-state index contributed by atoms with van der Waals surface area (Å²) >= 11 is 2.84. The SMILES string of the molecule is C1CCC1.O=C(Br)c1ccccc1.S. The summed E-state index contributed by atoms with van der Waals surface area (Å²) in [6.07, 6.45) is 6.00. The molecule has 0 spiro atoms. The molecule has 0 bridgehead atoms. The van der Waals surface area contributed by atoms with E-state index < -0.39 is 0 Å². The molecule has 0 aromatic heterocycles. The minimum absolute atomic E-state index is 0. The van der Waals surface area contributed by atoms with Gasteiger partial charge in [-0.2, -0.15) is 13.5 Å². The van der Waals surface area contributed by atoms with E-state index in [-0.39, 0.29) is 18.2 Å². The summed E-state index contributed by atoms with van der Waals surface area (Å²) in [7, 11) is 0. The molecule has 1 aliphatic carbocycles. The lowest BCUT2D eigenvalue weighted by molar-refractivity contribution is 0.109. The zero-order valence-electron chi connectivity index (χ0n) is 8.00. The van der Waals surface area contributed by atoms with Crippen LogP contribution in [0, 0.1) is 0 Å². The molecule has 1 nitrogen and oxygen atoms in total. The molecule has 0 N–H and O–H groups in total. The Balaban J connectivity index is 0.000000286. The highest BCUT2D eigenvalue weighted by Gasteiger charge is 1.95. The van der Waals surface area contributed by atoms with Gasteiger partial charge in [-0.25, -0.2) is 0 Å². The number of benzene rings is 1. The maximum absolute atomic E-state index is 10.6. The van der Waals surface area contributed by atoms with Crippen molar-refractivity contribution in [3.05, 3.63) is 35.9 Å². The molecule has 14 heavy (non-hydrogen) atoms. The number of hydrogen-bond donors (Lipinski definition) is 0. The van der Waals surface area contributed by atoms with Crippen LogP contribution in [0.2, 0.25) is 0 Å². The summed E-state index contributed by atoms with van der Waals surface area (Å²) in [4.78, 5) is 10.6. The van der Waals surface area contributed by atoms with Gasteiger partial charge >= 0.3 is 0 Å². The third-order valence-electron chi connectivity index (χ3n) is 2.00. The lowest BCUT2D eigenvalue weighted by Gasteiger charge is -2.05. The molecule has 1 aliphatic rings. The van der Waals surface area contributed by atoms with Gasteiger partial charge in [0.15, 0.2) is 0 Å². The molecular weight excluding hydrogens is 260 g/mol. The van der Waals surface area contributed by atoms with Gasteiger partial charge in [-0.05, 0) is 15.9 Å². The fourth-order valence-corrected chi connectivity index (χ4v) is 1.08. The van der Waals surface area contributed by atoms with Crippen molar-refractivity contribution in [3.63, 3.8) is 0 Å². The van der Waals surface area contributed by atoms with Crippen LogP contribution in [0.15, 0.2) is 30.3 Å². The Hall–Kier alpha value is -0.280.